The molecule has 3 heteroatoms. The summed E-state index contributed by atoms with van der Waals surface area (Å²) < 4.78 is 3.40. The number of hydrogen-bond donors (Lipinski definition) is 0. The van der Waals surface area contributed by atoms with Crippen molar-refractivity contribution < 1.29 is 13.4 Å². The van der Waals surface area contributed by atoms with E-state index in [1.807, 2.05) is 0 Å². The topological polar surface area (TPSA) is 0 Å². The molecule has 99 heavy (non-hydrogen) atoms. The molecule has 2 bridgehead atoms. The SMILES string of the molecule is C.C#CC#CC#CC#CC#CC#CC#CC#CC#CC#CC#CC#CC#CC#CC#CC#CC#CC#CC#CC#CC#CC#CC#CC#CC#CC#CC#CC#CC.CC(C)(C)CC1C(C)(C)[N+](C)(C)C1(C)C.CC(C)(C)CC1C2C(C)(C)[N+](C)(C1(C)C)C2(C)C.CC(C)(C)[N+](C)(C)C. The molecule has 0 saturated carbocycles. The lowest BCUT2D eigenvalue weighted by Gasteiger charge is -2.71. The molecule has 0 N–H and O–H groups in total. The summed E-state index contributed by atoms with van der Waals surface area (Å²) in [6, 6.07) is 0. The minimum Gasteiger partial charge on any atom is -0.327 e. The molecule has 0 aromatic heterocycles. The first kappa shape index (κ1) is 88.6. The predicted molar refractivity (Wildman–Crippen MR) is 416 cm³/mol. The molecule has 486 valence electrons. The first-order valence-electron chi connectivity index (χ1n) is 31.1. The van der Waals surface area contributed by atoms with Gasteiger partial charge >= 0.3 is 0 Å². The van der Waals surface area contributed by atoms with E-state index in [2.05, 4.69) is 499 Å². The average molecular weight is 1290 g/mol. The average Bonchev–Trinajstić information content (AvgIpc) is 1.47. The summed E-state index contributed by atoms with van der Waals surface area (Å²) in [6.07, 6.45) is 7.62. The van der Waals surface area contributed by atoms with Crippen LogP contribution in [-0.2, 0) is 0 Å². The molecule has 4 aliphatic heterocycles. The van der Waals surface area contributed by atoms with Gasteiger partial charge in [-0.2, -0.15) is 0 Å². The Bertz CT molecular complexity index is 4960. The molecule has 1 unspecified atom stereocenters. The Hall–Kier alpha value is -12.4. The standard InChI is InChI=1S/C57H4.C17H34N.C14H30N.C7H18N.CH4/c1-3-5-7-9-11-13-15-17-19-21-23-25-27-29-31-33-35-37-39-41-43-45-47-49-51-53-55-57-56-54-52-50-48-46-44-42-40-38-36-34-32-30-28-26-24-22-20-18-16-14-12-10-8-6-4-2;1-14(2,3)11-12-13-16(6,7)18(10,15(12,4)5)17(13,8)9;1-12(2,3)10-11-13(4,5)15(8,9)14(11,6)7;1-7(2,3)8(4,5)6;/h1H,2H3;12-13H,11H2,1-10H3;11H,10H2,1-9H3;1-6H3;1H4/q;3*+1;. The van der Waals surface area contributed by atoms with E-state index >= 15 is 0 Å². The Morgan fingerprint density at radius 3 is 0.596 bits per heavy atom. The highest BCUT2D eigenvalue weighted by Crippen LogP contribution is 2.73. The molecule has 0 radical (unpaired) electrons. The summed E-state index contributed by atoms with van der Waals surface area (Å²) in [5.74, 6) is 139. The van der Waals surface area contributed by atoms with E-state index in [0.29, 0.717) is 44.1 Å². The maximum absolute atomic E-state index is 4.94. The Balaban J connectivity index is 0. The lowest BCUT2D eigenvalue weighted by molar-refractivity contribution is -1.06. The van der Waals surface area contributed by atoms with Crippen molar-refractivity contribution in [3.8, 4) is 332 Å². The molecule has 0 aliphatic carbocycles. The van der Waals surface area contributed by atoms with Crippen LogP contribution in [0.1, 0.15) is 159 Å². The van der Waals surface area contributed by atoms with E-state index in [1.54, 1.807) is 6.92 Å². The van der Waals surface area contributed by atoms with Crippen molar-refractivity contribution in [1.29, 1.82) is 0 Å². The third-order valence-corrected chi connectivity index (χ3v) is 18.0. The van der Waals surface area contributed by atoms with Gasteiger partial charge in [-0.1, -0.05) is 54.9 Å². The number of rotatable bonds is 2. The van der Waals surface area contributed by atoms with E-state index in [4.69, 9.17) is 6.42 Å². The van der Waals surface area contributed by atoms with Crippen LogP contribution >= 0.6 is 0 Å². The minimum atomic E-state index is 0. The van der Waals surface area contributed by atoms with Gasteiger partial charge in [-0.15, -0.1) is 6.42 Å². The quantitative estimate of drug-likeness (QED) is 0.191. The summed E-state index contributed by atoms with van der Waals surface area (Å²) in [5.41, 5.74) is 3.34. The summed E-state index contributed by atoms with van der Waals surface area (Å²) in [4.78, 5) is 0. The van der Waals surface area contributed by atoms with Crippen LogP contribution in [0, 0.1) is 361 Å². The van der Waals surface area contributed by atoms with Crippen molar-refractivity contribution in [1.82, 2.24) is 0 Å². The van der Waals surface area contributed by atoms with Crippen molar-refractivity contribution in [2.75, 3.05) is 42.3 Å². The smallest absolute Gasteiger partial charge is 0.104 e. The van der Waals surface area contributed by atoms with Crippen LogP contribution in [0.3, 0.4) is 0 Å². The maximum atomic E-state index is 4.94. The van der Waals surface area contributed by atoms with Crippen LogP contribution in [0.4, 0.5) is 0 Å². The van der Waals surface area contributed by atoms with Crippen LogP contribution < -0.4 is 0 Å². The molecular weight excluding hydrogens is 1200 g/mol. The number of fused-ring (bicyclic) bond motifs is 1. The van der Waals surface area contributed by atoms with Crippen LogP contribution in [0.25, 0.3) is 0 Å². The predicted octanol–water partition coefficient (Wildman–Crippen LogP) is 11.0. The van der Waals surface area contributed by atoms with Crippen LogP contribution in [-0.4, -0.2) is 89.0 Å². The third-order valence-electron chi connectivity index (χ3n) is 18.0. The van der Waals surface area contributed by atoms with Gasteiger partial charge in [0.1, 0.15) is 22.2 Å². The van der Waals surface area contributed by atoms with Crippen molar-refractivity contribution in [3.63, 3.8) is 0 Å². The van der Waals surface area contributed by atoms with Gasteiger partial charge < -0.3 is 13.4 Å². The molecule has 4 rings (SSSR count). The largest absolute Gasteiger partial charge is 0.327 e. The highest BCUT2D eigenvalue weighted by molar-refractivity contribution is 5.52. The molecule has 4 fully saturated rings. The van der Waals surface area contributed by atoms with Gasteiger partial charge in [-0.3, -0.25) is 0 Å². The molecule has 0 aromatic rings. The van der Waals surface area contributed by atoms with Gasteiger partial charge in [0.25, 0.3) is 0 Å². The molecule has 0 spiro atoms. The number of quaternary nitrogens is 3. The summed E-state index contributed by atoms with van der Waals surface area (Å²) in [5, 5.41) is 0. The van der Waals surface area contributed by atoms with Crippen LogP contribution in [0.2, 0.25) is 0 Å². The zero-order valence-corrected chi connectivity index (χ0v) is 62.6. The molecule has 3 nitrogen and oxygen atoms in total. The highest BCUT2D eigenvalue weighted by Gasteiger charge is 2.86. The molecular formula is C96H90N3+3. The zero-order valence-electron chi connectivity index (χ0n) is 62.6. The Morgan fingerprint density at radius 1 is 0.293 bits per heavy atom. The Kier molecular flexibility index (Phi) is 38.3. The summed E-state index contributed by atoms with van der Waals surface area (Å²) in [7, 11) is 13.9. The fourth-order valence-corrected chi connectivity index (χ4v) is 11.5. The fraction of sp³-hybridized carbons (Fsp3) is 0.417. The molecule has 4 aliphatic rings. The number of terminal acetylenes is 1. The second-order valence-electron chi connectivity index (χ2n) is 29.1. The molecule has 4 saturated heterocycles. The van der Waals surface area contributed by atoms with Gasteiger partial charge in [-0.25, -0.2) is 0 Å². The van der Waals surface area contributed by atoms with E-state index in [-0.39, 0.29) is 7.43 Å². The van der Waals surface area contributed by atoms with E-state index in [1.165, 1.54) is 17.3 Å². The van der Waals surface area contributed by atoms with Gasteiger partial charge in [0, 0.05) is 231 Å². The normalized spacial score (nSPS) is 15.7. The Morgan fingerprint density at radius 2 is 0.465 bits per heavy atom. The van der Waals surface area contributed by atoms with Crippen molar-refractivity contribution in [2.24, 2.45) is 28.6 Å². The zero-order chi connectivity index (χ0) is 74.5. The molecule has 4 heterocycles. The highest BCUT2D eigenvalue weighted by atomic mass is 15.6. The van der Waals surface area contributed by atoms with Crippen molar-refractivity contribution in [3.05, 3.63) is 0 Å². The van der Waals surface area contributed by atoms with Gasteiger partial charge in [0.15, 0.2) is 0 Å². The van der Waals surface area contributed by atoms with Gasteiger partial charge in [0.2, 0.25) is 0 Å². The summed E-state index contributed by atoms with van der Waals surface area (Å²) >= 11 is 0. The molecule has 1 atom stereocenters. The number of hydrogen-bond acceptors (Lipinski definition) is 0. The van der Waals surface area contributed by atoms with E-state index < -0.39 is 0 Å². The van der Waals surface area contributed by atoms with Crippen LogP contribution in [0.5, 0.6) is 0 Å². The van der Waals surface area contributed by atoms with E-state index in [9.17, 15) is 0 Å². The number of nitrogens with zero attached hydrogens (tertiary/aromatic N) is 3. The maximum Gasteiger partial charge on any atom is 0.104 e. The minimum absolute atomic E-state index is 0. The first-order valence-corrected chi connectivity index (χ1v) is 31.1. The fourth-order valence-electron chi connectivity index (χ4n) is 11.5. The monoisotopic (exact) mass is 1280 g/mol. The lowest BCUT2D eigenvalue weighted by Crippen LogP contribution is -2.84. The van der Waals surface area contributed by atoms with E-state index in [0.717, 1.165) is 26.7 Å². The first-order chi connectivity index (χ1) is 45.7. The lowest BCUT2D eigenvalue weighted by atomic mass is 9.56. The van der Waals surface area contributed by atoms with Crippen LogP contribution in [0.15, 0.2) is 0 Å². The molecule has 0 amide bonds. The second-order valence-corrected chi connectivity index (χ2v) is 29.1. The Labute approximate surface area is 604 Å². The van der Waals surface area contributed by atoms with Gasteiger partial charge in [-0.05, 0) is 215 Å². The molecule has 0 aromatic carbocycles. The third kappa shape index (κ3) is 30.7. The summed E-state index contributed by atoms with van der Waals surface area (Å²) in [6.45, 7) is 47.4. The van der Waals surface area contributed by atoms with Crippen molar-refractivity contribution in [2.45, 2.75) is 192 Å². The number of likely N-dealkylation sites (tertiary alicyclic amines) is 1. The second kappa shape index (κ2) is 42.8. The van der Waals surface area contributed by atoms with Crippen molar-refractivity contribution >= 4 is 0 Å². The van der Waals surface area contributed by atoms with Gasteiger partial charge in [0.05, 0.1) is 65.2 Å².